The molecular formula is C29H38N8O6. The van der Waals surface area contributed by atoms with E-state index in [1.807, 2.05) is 26.0 Å². The minimum Gasteiger partial charge on any atom is -0.395 e. The van der Waals surface area contributed by atoms with Gasteiger partial charge < -0.3 is 40.6 Å². The lowest BCUT2D eigenvalue weighted by Crippen LogP contribution is -2.68. The number of aryl methyl sites for hydroxylation is 1. The summed E-state index contributed by atoms with van der Waals surface area (Å²) < 4.78 is 13.8. The maximum absolute atomic E-state index is 11.3. The number of hydrogen-bond donors (Lipinski definition) is 6. The van der Waals surface area contributed by atoms with Crippen LogP contribution in [-0.4, -0.2) is 105 Å². The highest BCUT2D eigenvalue weighted by atomic mass is 16.7. The number of rotatable bonds is 8. The molecule has 2 saturated heterocycles. The Hall–Kier alpha value is -3.24. The molecule has 1 aliphatic carbocycles. The number of ether oxygens (including phenoxy) is 2. The number of H-pyrrole nitrogens is 1. The molecule has 0 amide bonds. The fourth-order valence-corrected chi connectivity index (χ4v) is 6.71. The van der Waals surface area contributed by atoms with Crippen LogP contribution >= 0.6 is 0 Å². The Bertz CT molecular complexity index is 1640. The lowest BCUT2D eigenvalue weighted by atomic mass is 9.76. The number of nitrogens with one attached hydrogen (secondary N) is 1. The Morgan fingerprint density at radius 1 is 1.19 bits per heavy atom. The Kier molecular flexibility index (Phi) is 6.93. The molecule has 1 unspecified atom stereocenters. The summed E-state index contributed by atoms with van der Waals surface area (Å²) in [6.45, 7) is 3.73. The van der Waals surface area contributed by atoms with Gasteiger partial charge in [0.2, 0.25) is 0 Å². The van der Waals surface area contributed by atoms with Gasteiger partial charge in [-0.2, -0.15) is 0 Å². The zero-order valence-corrected chi connectivity index (χ0v) is 24.2. The van der Waals surface area contributed by atoms with Crippen LogP contribution in [0.15, 0.2) is 30.9 Å². The maximum Gasteiger partial charge on any atom is 0.252 e. The van der Waals surface area contributed by atoms with Gasteiger partial charge in [-0.25, -0.2) is 24.8 Å². The van der Waals surface area contributed by atoms with E-state index >= 15 is 0 Å². The molecule has 0 radical (unpaired) electrons. The average molecular weight is 595 g/mol. The first-order valence-corrected chi connectivity index (χ1v) is 14.7. The molecule has 14 heteroatoms. The molecule has 7 rings (SSSR count). The van der Waals surface area contributed by atoms with Crippen LogP contribution in [0.2, 0.25) is 0 Å². The predicted octanol–water partition coefficient (Wildman–Crippen LogP) is 0.564. The van der Waals surface area contributed by atoms with E-state index in [1.54, 1.807) is 9.47 Å². The SMILES string of the molecule is CC(C)(CO)c1ccc2nc(CCC3CC(N4C[C@H]5O[C@@H](n6cnc7c(N)ncnc76)[C@H](O)[C@@H]5OC4(O)CO)C3)[nH]c2c1. The van der Waals surface area contributed by atoms with Crippen LogP contribution in [0, 0.1) is 5.92 Å². The van der Waals surface area contributed by atoms with Crippen LogP contribution in [0.4, 0.5) is 5.82 Å². The minimum absolute atomic E-state index is 0.0107. The Labute approximate surface area is 247 Å². The van der Waals surface area contributed by atoms with Gasteiger partial charge in [0.15, 0.2) is 17.7 Å². The van der Waals surface area contributed by atoms with Gasteiger partial charge in [0.25, 0.3) is 5.91 Å². The fourth-order valence-electron chi connectivity index (χ4n) is 6.71. The highest BCUT2D eigenvalue weighted by Crippen LogP contribution is 2.44. The van der Waals surface area contributed by atoms with Crippen LogP contribution in [0.1, 0.15) is 50.7 Å². The number of anilines is 1. The summed E-state index contributed by atoms with van der Waals surface area (Å²) in [5.41, 5.74) is 9.35. The van der Waals surface area contributed by atoms with Crippen molar-refractivity contribution in [1.29, 1.82) is 0 Å². The standard InChI is InChI=1S/C29H38N8O6/c1-28(2,11-38)16-4-5-18-19(9-16)35-21(34-18)6-3-15-7-17(8-15)37-10-20-24(43-29(37,41)12-39)23(40)27(42-20)36-14-33-22-25(30)31-13-32-26(22)36/h4-5,9,13-15,17,20,23-24,27,38-41H,3,6-8,10-12H2,1-2H3,(H,34,35)(H2,30,31,32)/t15?,17?,20-,23-,24-,27-,29?/m1/s1. The number of imidazole rings is 2. The van der Waals surface area contributed by atoms with E-state index in [2.05, 4.69) is 26.0 Å². The molecule has 1 saturated carbocycles. The highest BCUT2D eigenvalue weighted by Gasteiger charge is 2.58. The van der Waals surface area contributed by atoms with Gasteiger partial charge in [-0.15, -0.1) is 0 Å². The Morgan fingerprint density at radius 2 is 2.00 bits per heavy atom. The monoisotopic (exact) mass is 594 g/mol. The fraction of sp³-hybridized carbons (Fsp3) is 0.586. The van der Waals surface area contributed by atoms with Crippen molar-refractivity contribution >= 4 is 28.0 Å². The molecule has 4 aromatic rings. The number of aromatic amines is 1. The number of nitrogen functional groups attached to an aromatic ring is 1. The van der Waals surface area contributed by atoms with Crippen molar-refractivity contribution in [2.45, 2.75) is 81.4 Å². The van der Waals surface area contributed by atoms with Gasteiger partial charge in [0.1, 0.15) is 42.6 Å². The molecule has 2 aliphatic heterocycles. The quantitative estimate of drug-likeness (QED) is 0.166. The number of nitrogens with two attached hydrogens (primary N) is 1. The lowest BCUT2D eigenvalue weighted by molar-refractivity contribution is -0.374. The molecule has 3 aliphatic rings. The summed E-state index contributed by atoms with van der Waals surface area (Å²) in [4.78, 5) is 22.4. The van der Waals surface area contributed by atoms with Gasteiger partial charge in [-0.3, -0.25) is 4.57 Å². The van der Waals surface area contributed by atoms with E-state index in [-0.39, 0.29) is 30.4 Å². The second-order valence-electron chi connectivity index (χ2n) is 12.8. The number of benzene rings is 1. The first kappa shape index (κ1) is 28.5. The molecule has 230 valence electrons. The third-order valence-corrected chi connectivity index (χ3v) is 9.48. The van der Waals surface area contributed by atoms with Crippen LogP contribution in [0.5, 0.6) is 0 Å². The molecule has 14 nitrogen and oxygen atoms in total. The van der Waals surface area contributed by atoms with Crippen molar-refractivity contribution in [3.8, 4) is 0 Å². The van der Waals surface area contributed by atoms with Crippen molar-refractivity contribution in [2.24, 2.45) is 5.92 Å². The van der Waals surface area contributed by atoms with Gasteiger partial charge in [0, 0.05) is 24.4 Å². The van der Waals surface area contributed by atoms with E-state index in [4.69, 9.17) is 20.2 Å². The highest BCUT2D eigenvalue weighted by molar-refractivity contribution is 5.81. The summed E-state index contributed by atoms with van der Waals surface area (Å²) in [7, 11) is 0. The third-order valence-electron chi connectivity index (χ3n) is 9.48. The largest absolute Gasteiger partial charge is 0.395 e. The summed E-state index contributed by atoms with van der Waals surface area (Å²) in [6, 6.07) is 6.06. The van der Waals surface area contributed by atoms with E-state index in [0.717, 1.165) is 48.1 Å². The topological polar surface area (TPSA) is 201 Å². The summed E-state index contributed by atoms with van der Waals surface area (Å²) >= 11 is 0. The van der Waals surface area contributed by atoms with Crippen LogP contribution in [0.25, 0.3) is 22.2 Å². The zero-order valence-electron chi connectivity index (χ0n) is 24.2. The first-order chi connectivity index (χ1) is 20.6. The first-order valence-electron chi connectivity index (χ1n) is 14.7. The number of aliphatic hydroxyl groups excluding tert-OH is 3. The molecule has 3 aromatic heterocycles. The number of nitrogens with zero attached hydrogens (tertiary/aromatic N) is 6. The number of aromatic nitrogens is 6. The molecule has 7 N–H and O–H groups in total. The van der Waals surface area contributed by atoms with Crippen molar-refractivity contribution in [3.63, 3.8) is 0 Å². The number of aliphatic hydroxyl groups is 4. The normalized spacial score (nSPS) is 31.5. The van der Waals surface area contributed by atoms with Gasteiger partial charge in [-0.1, -0.05) is 19.9 Å². The van der Waals surface area contributed by atoms with E-state index in [1.165, 1.54) is 12.7 Å². The molecule has 0 spiro atoms. The second-order valence-corrected chi connectivity index (χ2v) is 12.8. The molecular weight excluding hydrogens is 556 g/mol. The number of hydrogen-bond acceptors (Lipinski definition) is 12. The molecule has 1 aromatic carbocycles. The van der Waals surface area contributed by atoms with Crippen molar-refractivity contribution in [3.05, 3.63) is 42.2 Å². The summed E-state index contributed by atoms with van der Waals surface area (Å²) in [5.74, 6) is -0.361. The average Bonchev–Trinajstić information content (AvgIpc) is 3.67. The smallest absolute Gasteiger partial charge is 0.252 e. The van der Waals surface area contributed by atoms with Crippen LogP contribution in [0.3, 0.4) is 0 Å². The molecule has 3 fully saturated rings. The molecule has 5 atom stereocenters. The van der Waals surface area contributed by atoms with Gasteiger partial charge >= 0.3 is 0 Å². The van der Waals surface area contributed by atoms with Gasteiger partial charge in [0.05, 0.1) is 24.0 Å². The Balaban J connectivity index is 0.995. The summed E-state index contributed by atoms with van der Waals surface area (Å²) in [5, 5.41) is 42.4. The van der Waals surface area contributed by atoms with Crippen molar-refractivity contribution < 1.29 is 29.9 Å². The minimum atomic E-state index is -1.93. The predicted molar refractivity (Wildman–Crippen MR) is 154 cm³/mol. The second kappa shape index (κ2) is 10.4. The lowest BCUT2D eigenvalue weighted by Gasteiger charge is -2.53. The van der Waals surface area contributed by atoms with Gasteiger partial charge in [-0.05, 0) is 42.9 Å². The van der Waals surface area contributed by atoms with E-state index in [0.29, 0.717) is 17.1 Å². The summed E-state index contributed by atoms with van der Waals surface area (Å²) in [6.07, 6.45) is 2.79. The third kappa shape index (κ3) is 4.77. The number of fused-ring (bicyclic) bond motifs is 3. The van der Waals surface area contributed by atoms with Crippen molar-refractivity contribution in [1.82, 2.24) is 34.4 Å². The molecule has 5 heterocycles. The van der Waals surface area contributed by atoms with Crippen molar-refractivity contribution in [2.75, 3.05) is 25.5 Å². The molecule has 43 heavy (non-hydrogen) atoms. The van der Waals surface area contributed by atoms with E-state index in [9.17, 15) is 20.4 Å². The van der Waals surface area contributed by atoms with Crippen LogP contribution in [-0.2, 0) is 21.3 Å². The molecule has 0 bridgehead atoms. The zero-order chi connectivity index (χ0) is 30.1. The van der Waals surface area contributed by atoms with Crippen LogP contribution < -0.4 is 5.73 Å². The van der Waals surface area contributed by atoms with E-state index < -0.39 is 37.1 Å². The Morgan fingerprint density at radius 3 is 2.77 bits per heavy atom. The maximum atomic E-state index is 11.3.